The van der Waals surface area contributed by atoms with Crippen LogP contribution in [0.3, 0.4) is 0 Å². The average Bonchev–Trinajstić information content (AvgIpc) is 2.77. The maximum atomic E-state index is 12.6. The van der Waals surface area contributed by atoms with Crippen LogP contribution < -0.4 is 5.73 Å². The van der Waals surface area contributed by atoms with E-state index in [9.17, 15) is 8.42 Å². The highest BCUT2D eigenvalue weighted by atomic mass is 32.2. The molecule has 110 valence electrons. The fraction of sp³-hybridized carbons (Fsp3) is 0.571. The number of hydrogen-bond donors (Lipinski definition) is 1. The number of morpholine rings is 1. The number of nitrogens with zero attached hydrogens (tertiary/aromatic N) is 1. The first-order chi connectivity index (χ1) is 9.58. The SMILES string of the molecule is NCc1ccccc1CS(=O)(=O)N1CC2CCC(C1)O2. The number of sulfonamides is 1. The lowest BCUT2D eigenvalue weighted by Gasteiger charge is -2.31. The van der Waals surface area contributed by atoms with Crippen molar-refractivity contribution in [3.05, 3.63) is 35.4 Å². The van der Waals surface area contributed by atoms with E-state index in [4.69, 9.17) is 10.5 Å². The summed E-state index contributed by atoms with van der Waals surface area (Å²) in [7, 11) is -3.30. The maximum absolute atomic E-state index is 12.6. The minimum absolute atomic E-state index is 0.0276. The van der Waals surface area contributed by atoms with Gasteiger partial charge in [0.05, 0.1) is 18.0 Å². The van der Waals surface area contributed by atoms with E-state index in [2.05, 4.69) is 0 Å². The summed E-state index contributed by atoms with van der Waals surface area (Å²) < 4.78 is 32.4. The van der Waals surface area contributed by atoms with Gasteiger partial charge in [0.15, 0.2) is 0 Å². The Bertz CT molecular complexity index is 576. The average molecular weight is 296 g/mol. The molecule has 3 rings (SSSR count). The van der Waals surface area contributed by atoms with Crippen LogP contribution in [0, 0.1) is 0 Å². The Balaban J connectivity index is 1.78. The molecule has 2 aliphatic heterocycles. The lowest BCUT2D eigenvalue weighted by molar-refractivity contribution is -0.0115. The number of fused-ring (bicyclic) bond motifs is 2. The molecule has 2 heterocycles. The molecule has 1 aromatic carbocycles. The van der Waals surface area contributed by atoms with Gasteiger partial charge in [-0.1, -0.05) is 24.3 Å². The van der Waals surface area contributed by atoms with Crippen LogP contribution in [0.1, 0.15) is 24.0 Å². The molecule has 2 unspecified atom stereocenters. The summed E-state index contributed by atoms with van der Waals surface area (Å²) in [6.45, 7) is 1.34. The van der Waals surface area contributed by atoms with Crippen LogP contribution in [-0.4, -0.2) is 38.0 Å². The molecule has 0 saturated carbocycles. The molecular formula is C14H20N2O3S. The normalized spacial score (nSPS) is 26.9. The van der Waals surface area contributed by atoms with Crippen molar-refractivity contribution in [3.63, 3.8) is 0 Å². The van der Waals surface area contributed by atoms with Crippen LogP contribution in [0.4, 0.5) is 0 Å². The van der Waals surface area contributed by atoms with Crippen LogP contribution in [0.2, 0.25) is 0 Å². The standard InChI is InChI=1S/C14H20N2O3S/c15-7-11-3-1-2-4-12(11)10-20(17,18)16-8-13-5-6-14(9-16)19-13/h1-4,13-14H,5-10,15H2. The molecule has 2 aliphatic rings. The zero-order chi connectivity index (χ0) is 14.2. The highest BCUT2D eigenvalue weighted by Gasteiger charge is 2.38. The van der Waals surface area contributed by atoms with E-state index in [1.165, 1.54) is 0 Å². The van der Waals surface area contributed by atoms with Gasteiger partial charge in [-0.05, 0) is 24.0 Å². The van der Waals surface area contributed by atoms with Gasteiger partial charge in [-0.3, -0.25) is 0 Å². The highest BCUT2D eigenvalue weighted by Crippen LogP contribution is 2.28. The third-order valence-corrected chi connectivity index (χ3v) is 5.84. The zero-order valence-corrected chi connectivity index (χ0v) is 12.2. The van der Waals surface area contributed by atoms with E-state index in [0.717, 1.165) is 24.0 Å². The van der Waals surface area contributed by atoms with Crippen LogP contribution >= 0.6 is 0 Å². The van der Waals surface area contributed by atoms with Gasteiger partial charge in [0.1, 0.15) is 0 Å². The Morgan fingerprint density at radius 3 is 2.35 bits per heavy atom. The fourth-order valence-electron chi connectivity index (χ4n) is 2.99. The molecule has 0 aromatic heterocycles. The Labute approximate surface area is 119 Å². The molecule has 0 spiro atoms. The third kappa shape index (κ3) is 2.74. The lowest BCUT2D eigenvalue weighted by atomic mass is 10.1. The molecule has 2 atom stereocenters. The van der Waals surface area contributed by atoms with Crippen LogP contribution in [0.25, 0.3) is 0 Å². The predicted molar refractivity (Wildman–Crippen MR) is 76.4 cm³/mol. The number of hydrogen-bond acceptors (Lipinski definition) is 4. The lowest BCUT2D eigenvalue weighted by Crippen LogP contribution is -2.46. The van der Waals surface area contributed by atoms with Crippen LogP contribution in [0.15, 0.2) is 24.3 Å². The van der Waals surface area contributed by atoms with E-state index in [1.54, 1.807) is 4.31 Å². The summed E-state index contributed by atoms with van der Waals surface area (Å²) in [5, 5.41) is 0. The minimum Gasteiger partial charge on any atom is -0.372 e. The predicted octanol–water partition coefficient (Wildman–Crippen LogP) is 0.838. The number of rotatable bonds is 4. The highest BCUT2D eigenvalue weighted by molar-refractivity contribution is 7.88. The molecule has 2 bridgehead atoms. The molecule has 0 amide bonds. The Morgan fingerprint density at radius 1 is 1.15 bits per heavy atom. The quantitative estimate of drug-likeness (QED) is 0.893. The van der Waals surface area contributed by atoms with E-state index < -0.39 is 10.0 Å². The van der Waals surface area contributed by atoms with Crippen molar-refractivity contribution in [2.45, 2.75) is 37.3 Å². The van der Waals surface area contributed by atoms with E-state index >= 15 is 0 Å². The second-order valence-corrected chi connectivity index (χ2v) is 7.47. The van der Waals surface area contributed by atoms with Crippen molar-refractivity contribution in [1.29, 1.82) is 0 Å². The summed E-state index contributed by atoms with van der Waals surface area (Å²) in [6.07, 6.45) is 2.09. The van der Waals surface area contributed by atoms with Gasteiger partial charge in [0.2, 0.25) is 10.0 Å². The van der Waals surface area contributed by atoms with Crippen molar-refractivity contribution < 1.29 is 13.2 Å². The second-order valence-electron chi connectivity index (χ2n) is 5.50. The topological polar surface area (TPSA) is 72.6 Å². The van der Waals surface area contributed by atoms with Gasteiger partial charge in [0.25, 0.3) is 0 Å². The molecule has 5 nitrogen and oxygen atoms in total. The first-order valence-electron chi connectivity index (χ1n) is 6.98. The van der Waals surface area contributed by atoms with Gasteiger partial charge < -0.3 is 10.5 Å². The monoisotopic (exact) mass is 296 g/mol. The van der Waals surface area contributed by atoms with Gasteiger partial charge in [0, 0.05) is 19.6 Å². The zero-order valence-electron chi connectivity index (χ0n) is 11.4. The molecule has 2 N–H and O–H groups in total. The fourth-order valence-corrected chi connectivity index (χ4v) is 4.63. The van der Waals surface area contributed by atoms with Crippen molar-refractivity contribution in [3.8, 4) is 0 Å². The number of benzene rings is 1. The van der Waals surface area contributed by atoms with Crippen molar-refractivity contribution in [1.82, 2.24) is 4.31 Å². The summed E-state index contributed by atoms with van der Waals surface area (Å²) in [6, 6.07) is 7.46. The Kier molecular flexibility index (Phi) is 3.81. The Hall–Kier alpha value is -0.950. The van der Waals surface area contributed by atoms with Crippen molar-refractivity contribution in [2.75, 3.05) is 13.1 Å². The molecule has 20 heavy (non-hydrogen) atoms. The molecular weight excluding hydrogens is 276 g/mol. The molecule has 2 saturated heterocycles. The second kappa shape index (κ2) is 5.44. The summed E-state index contributed by atoms with van der Waals surface area (Å²) in [5.41, 5.74) is 7.37. The van der Waals surface area contributed by atoms with Crippen LogP contribution in [0.5, 0.6) is 0 Å². The molecule has 2 fully saturated rings. The third-order valence-electron chi connectivity index (χ3n) is 4.08. The van der Waals surface area contributed by atoms with E-state index in [0.29, 0.717) is 19.6 Å². The number of ether oxygens (including phenoxy) is 1. The largest absolute Gasteiger partial charge is 0.372 e. The molecule has 6 heteroatoms. The van der Waals surface area contributed by atoms with Crippen LogP contribution in [-0.2, 0) is 27.1 Å². The first kappa shape index (κ1) is 14.0. The van der Waals surface area contributed by atoms with Crippen molar-refractivity contribution in [2.24, 2.45) is 5.73 Å². The summed E-state index contributed by atoms with van der Waals surface area (Å²) >= 11 is 0. The summed E-state index contributed by atoms with van der Waals surface area (Å²) in [5.74, 6) is 0.0276. The van der Waals surface area contributed by atoms with Gasteiger partial charge >= 0.3 is 0 Å². The van der Waals surface area contributed by atoms with E-state index in [-0.39, 0.29) is 18.0 Å². The smallest absolute Gasteiger partial charge is 0.218 e. The molecule has 0 radical (unpaired) electrons. The maximum Gasteiger partial charge on any atom is 0.218 e. The minimum atomic E-state index is -3.30. The first-order valence-corrected chi connectivity index (χ1v) is 8.59. The van der Waals surface area contributed by atoms with Gasteiger partial charge in [-0.2, -0.15) is 4.31 Å². The molecule has 1 aromatic rings. The van der Waals surface area contributed by atoms with Gasteiger partial charge in [-0.25, -0.2) is 8.42 Å². The van der Waals surface area contributed by atoms with Gasteiger partial charge in [-0.15, -0.1) is 0 Å². The van der Waals surface area contributed by atoms with Crippen molar-refractivity contribution >= 4 is 10.0 Å². The van der Waals surface area contributed by atoms with E-state index in [1.807, 2.05) is 24.3 Å². The number of nitrogens with two attached hydrogens (primary N) is 1. The Morgan fingerprint density at radius 2 is 1.75 bits per heavy atom. The summed E-state index contributed by atoms with van der Waals surface area (Å²) in [4.78, 5) is 0. The molecule has 0 aliphatic carbocycles.